The maximum Gasteiger partial charge on any atom is 0.244 e. The fourth-order valence-electron chi connectivity index (χ4n) is 2.84. The van der Waals surface area contributed by atoms with Crippen molar-refractivity contribution in [2.75, 3.05) is 0 Å². The van der Waals surface area contributed by atoms with Gasteiger partial charge in [0, 0.05) is 21.8 Å². The van der Waals surface area contributed by atoms with E-state index in [9.17, 15) is 8.42 Å². The number of aryl methyl sites for hydroxylation is 1. The van der Waals surface area contributed by atoms with Crippen molar-refractivity contribution in [3.8, 4) is 0 Å². The van der Waals surface area contributed by atoms with E-state index in [2.05, 4.69) is 0 Å². The summed E-state index contributed by atoms with van der Waals surface area (Å²) in [5.74, 6) is 0. The van der Waals surface area contributed by atoms with Crippen LogP contribution in [0.15, 0.2) is 11.0 Å². The minimum absolute atomic E-state index is 0.0469. The van der Waals surface area contributed by atoms with Crippen LogP contribution >= 0.6 is 11.3 Å². The topological polar surface area (TPSA) is 57.6 Å². The second-order valence-corrected chi connectivity index (χ2v) is 8.41. The summed E-state index contributed by atoms with van der Waals surface area (Å²) in [6.07, 6.45) is 2.91. The lowest BCUT2D eigenvalue weighted by Crippen LogP contribution is -2.47. The molecular formula is C13H21NO3S2. The lowest BCUT2D eigenvalue weighted by molar-refractivity contribution is 0.204. The van der Waals surface area contributed by atoms with Gasteiger partial charge in [0.15, 0.2) is 0 Å². The number of aliphatic hydroxyl groups excluding tert-OH is 1. The van der Waals surface area contributed by atoms with Crippen molar-refractivity contribution >= 4 is 21.4 Å². The fraction of sp³-hybridized carbons (Fsp3) is 0.692. The zero-order valence-corrected chi connectivity index (χ0v) is 13.2. The quantitative estimate of drug-likeness (QED) is 0.933. The average Bonchev–Trinajstić information content (AvgIpc) is 2.70. The summed E-state index contributed by atoms with van der Waals surface area (Å²) in [6, 6.07) is 1.71. The molecule has 6 heteroatoms. The minimum atomic E-state index is -3.45. The number of rotatable bonds is 3. The molecule has 0 spiro atoms. The molecule has 1 aliphatic rings. The largest absolute Gasteiger partial charge is 0.391 e. The van der Waals surface area contributed by atoms with Crippen molar-refractivity contribution < 1.29 is 13.5 Å². The Hall–Kier alpha value is -0.430. The highest BCUT2D eigenvalue weighted by atomic mass is 32.2. The summed E-state index contributed by atoms with van der Waals surface area (Å²) < 4.78 is 27.3. The van der Waals surface area contributed by atoms with Gasteiger partial charge in [0.1, 0.15) is 0 Å². The number of aliphatic hydroxyl groups is 1. The van der Waals surface area contributed by atoms with Crippen LogP contribution in [0.1, 0.15) is 42.9 Å². The highest BCUT2D eigenvalue weighted by Gasteiger charge is 2.36. The maximum absolute atomic E-state index is 12.8. The molecule has 2 atom stereocenters. The molecule has 1 saturated heterocycles. The molecule has 0 aromatic carbocycles. The van der Waals surface area contributed by atoms with Crippen LogP contribution in [0.25, 0.3) is 0 Å². The number of thiophene rings is 1. The Kier molecular flexibility index (Phi) is 4.35. The lowest BCUT2D eigenvalue weighted by atomic mass is 10.0. The third kappa shape index (κ3) is 2.72. The van der Waals surface area contributed by atoms with Gasteiger partial charge in [-0.05, 0) is 39.7 Å². The van der Waals surface area contributed by atoms with Crippen LogP contribution < -0.4 is 0 Å². The first-order chi connectivity index (χ1) is 8.87. The van der Waals surface area contributed by atoms with Crippen LogP contribution in [0.4, 0.5) is 0 Å². The van der Waals surface area contributed by atoms with E-state index in [1.807, 2.05) is 13.8 Å². The Bertz CT molecular complexity index is 540. The van der Waals surface area contributed by atoms with Crippen molar-refractivity contribution in [3.63, 3.8) is 0 Å². The average molecular weight is 303 g/mol. The van der Waals surface area contributed by atoms with Gasteiger partial charge in [0.25, 0.3) is 0 Å². The highest BCUT2D eigenvalue weighted by molar-refractivity contribution is 7.89. The van der Waals surface area contributed by atoms with Crippen LogP contribution in [-0.2, 0) is 16.6 Å². The van der Waals surface area contributed by atoms with Gasteiger partial charge >= 0.3 is 0 Å². The Morgan fingerprint density at radius 2 is 1.95 bits per heavy atom. The van der Waals surface area contributed by atoms with Crippen LogP contribution in [0.3, 0.4) is 0 Å². The third-order valence-corrected chi connectivity index (χ3v) is 7.17. The molecule has 0 aliphatic carbocycles. The van der Waals surface area contributed by atoms with Crippen molar-refractivity contribution in [1.29, 1.82) is 0 Å². The molecule has 0 saturated carbocycles. The van der Waals surface area contributed by atoms with Gasteiger partial charge < -0.3 is 5.11 Å². The van der Waals surface area contributed by atoms with E-state index in [0.29, 0.717) is 9.77 Å². The molecule has 1 N–H and O–H groups in total. The van der Waals surface area contributed by atoms with Gasteiger partial charge in [0.05, 0.1) is 11.5 Å². The van der Waals surface area contributed by atoms with Gasteiger partial charge in [-0.25, -0.2) is 8.42 Å². The smallest absolute Gasteiger partial charge is 0.244 e. The predicted molar refractivity (Wildman–Crippen MR) is 76.8 cm³/mol. The molecule has 1 aliphatic heterocycles. The zero-order valence-electron chi connectivity index (χ0n) is 11.6. The van der Waals surface area contributed by atoms with E-state index >= 15 is 0 Å². The number of nitrogens with zero attached hydrogens (tertiary/aromatic N) is 1. The molecule has 19 heavy (non-hydrogen) atoms. The van der Waals surface area contributed by atoms with E-state index in [1.165, 1.54) is 11.3 Å². The van der Waals surface area contributed by atoms with Crippen LogP contribution in [0, 0.1) is 6.92 Å². The molecule has 1 aromatic heterocycles. The predicted octanol–water partition coefficient (Wildman–Crippen LogP) is 2.50. The molecule has 108 valence electrons. The zero-order chi connectivity index (χ0) is 14.2. The van der Waals surface area contributed by atoms with Gasteiger partial charge in [0.2, 0.25) is 10.0 Å². The first kappa shape index (κ1) is 15.0. The molecule has 0 radical (unpaired) electrons. The van der Waals surface area contributed by atoms with E-state index in [1.54, 1.807) is 17.3 Å². The van der Waals surface area contributed by atoms with Crippen LogP contribution in [0.2, 0.25) is 0 Å². The number of piperidine rings is 1. The van der Waals surface area contributed by atoms with E-state index < -0.39 is 10.0 Å². The Labute approximate surface area is 119 Å². The Balaban J connectivity index is 2.43. The molecule has 2 rings (SSSR count). The van der Waals surface area contributed by atoms with Crippen molar-refractivity contribution in [1.82, 2.24) is 4.31 Å². The van der Waals surface area contributed by atoms with Crippen molar-refractivity contribution in [3.05, 3.63) is 15.8 Å². The molecule has 1 fully saturated rings. The SMILES string of the molecule is Cc1sc(CO)cc1S(=O)(=O)N1[C@H](C)CCC[C@@H]1C. The third-order valence-electron chi connectivity index (χ3n) is 3.75. The standard InChI is InChI=1S/C13H21NO3S2/c1-9-5-4-6-10(2)14(9)19(16,17)13-7-12(8-15)18-11(13)3/h7,9-10,15H,4-6,8H2,1-3H3/t9-,10+. The van der Waals surface area contributed by atoms with Crippen molar-refractivity contribution in [2.45, 2.75) is 63.6 Å². The molecule has 1 aromatic rings. The van der Waals surface area contributed by atoms with Gasteiger partial charge in [-0.2, -0.15) is 4.31 Å². The molecule has 2 heterocycles. The fourth-order valence-corrected chi connectivity index (χ4v) is 6.19. The second-order valence-electron chi connectivity index (χ2n) is 5.26. The van der Waals surface area contributed by atoms with Gasteiger partial charge in [-0.15, -0.1) is 11.3 Å². The van der Waals surface area contributed by atoms with Gasteiger partial charge in [-0.3, -0.25) is 0 Å². The number of hydrogen-bond acceptors (Lipinski definition) is 4. The minimum Gasteiger partial charge on any atom is -0.391 e. The Morgan fingerprint density at radius 3 is 2.42 bits per heavy atom. The van der Waals surface area contributed by atoms with Crippen molar-refractivity contribution in [2.24, 2.45) is 0 Å². The lowest BCUT2D eigenvalue weighted by Gasteiger charge is -2.37. The normalized spacial score (nSPS) is 25.7. The van der Waals surface area contributed by atoms with E-state index in [0.717, 1.165) is 24.1 Å². The number of hydrogen-bond donors (Lipinski definition) is 1. The Morgan fingerprint density at radius 1 is 1.37 bits per heavy atom. The molecular weight excluding hydrogens is 282 g/mol. The van der Waals surface area contributed by atoms with Crippen LogP contribution in [0.5, 0.6) is 0 Å². The monoisotopic (exact) mass is 303 g/mol. The second kappa shape index (κ2) is 5.52. The summed E-state index contributed by atoms with van der Waals surface area (Å²) >= 11 is 1.35. The molecule has 4 nitrogen and oxygen atoms in total. The summed E-state index contributed by atoms with van der Waals surface area (Å²) in [7, 11) is -3.45. The van der Waals surface area contributed by atoms with Crippen LogP contribution in [-0.4, -0.2) is 29.9 Å². The molecule has 0 unspecified atom stereocenters. The maximum atomic E-state index is 12.8. The molecule has 0 bridgehead atoms. The number of sulfonamides is 1. The summed E-state index contributed by atoms with van der Waals surface area (Å²) in [4.78, 5) is 1.82. The summed E-state index contributed by atoms with van der Waals surface area (Å²) in [6.45, 7) is 5.64. The summed E-state index contributed by atoms with van der Waals surface area (Å²) in [5, 5.41) is 9.16. The van der Waals surface area contributed by atoms with Gasteiger partial charge in [-0.1, -0.05) is 6.42 Å². The highest BCUT2D eigenvalue weighted by Crippen LogP contribution is 2.33. The first-order valence-electron chi connectivity index (χ1n) is 6.61. The first-order valence-corrected chi connectivity index (χ1v) is 8.87. The van der Waals surface area contributed by atoms with E-state index in [-0.39, 0.29) is 18.7 Å². The molecule has 0 amide bonds. The summed E-state index contributed by atoms with van der Waals surface area (Å²) in [5.41, 5.74) is 0. The van der Waals surface area contributed by atoms with E-state index in [4.69, 9.17) is 5.11 Å².